The van der Waals surface area contributed by atoms with E-state index in [4.69, 9.17) is 0 Å². The first-order valence-electron chi connectivity index (χ1n) is 11.5. The zero-order chi connectivity index (χ0) is 23.7. The fourth-order valence-electron chi connectivity index (χ4n) is 4.46. The molecule has 0 bridgehead atoms. The van der Waals surface area contributed by atoms with E-state index in [9.17, 15) is 9.59 Å². The largest absolute Gasteiger partial charge is 0.361 e. The maximum Gasteiger partial charge on any atom is 0.256 e. The monoisotopic (exact) mass is 441 g/mol. The molecule has 1 atom stereocenters. The van der Waals surface area contributed by atoms with Gasteiger partial charge in [-0.15, -0.1) is 0 Å². The Balaban J connectivity index is 1.64. The van der Waals surface area contributed by atoms with Crippen molar-refractivity contribution in [3.63, 3.8) is 0 Å². The zero-order valence-corrected chi connectivity index (χ0v) is 20.0. The van der Waals surface area contributed by atoms with Gasteiger partial charge in [0.25, 0.3) is 11.8 Å². The van der Waals surface area contributed by atoms with Crippen LogP contribution in [0.1, 0.15) is 68.0 Å². The van der Waals surface area contributed by atoms with Crippen molar-refractivity contribution in [2.24, 2.45) is 0 Å². The predicted octanol–water partition coefficient (Wildman–Crippen LogP) is 6.15. The number of hydrogen-bond acceptors (Lipinski definition) is 3. The highest BCUT2D eigenvalue weighted by atomic mass is 16.2. The Morgan fingerprint density at radius 1 is 0.879 bits per heavy atom. The molecule has 3 aromatic carbocycles. The van der Waals surface area contributed by atoms with Crippen LogP contribution in [0.3, 0.4) is 0 Å². The predicted molar refractivity (Wildman–Crippen MR) is 134 cm³/mol. The lowest BCUT2D eigenvalue weighted by Crippen LogP contribution is -2.33. The number of amides is 2. The number of anilines is 2. The first-order chi connectivity index (χ1) is 15.8. The molecule has 170 valence electrons. The molecule has 1 aliphatic heterocycles. The fourth-order valence-corrected chi connectivity index (χ4v) is 4.46. The van der Waals surface area contributed by atoms with Crippen LogP contribution in [0, 0.1) is 27.7 Å². The molecule has 0 spiro atoms. The van der Waals surface area contributed by atoms with Crippen LogP contribution in [-0.2, 0) is 0 Å². The van der Waals surface area contributed by atoms with Gasteiger partial charge in [0.15, 0.2) is 0 Å². The molecule has 0 saturated heterocycles. The van der Waals surface area contributed by atoms with Crippen LogP contribution in [0.4, 0.5) is 11.4 Å². The smallest absolute Gasteiger partial charge is 0.256 e. The van der Waals surface area contributed by atoms with Crippen LogP contribution in [0.15, 0.2) is 54.6 Å². The summed E-state index contributed by atoms with van der Waals surface area (Å²) in [5, 5.41) is 6.54. The van der Waals surface area contributed by atoms with Gasteiger partial charge in [-0.2, -0.15) is 0 Å². The second kappa shape index (κ2) is 9.10. The number of fused-ring (bicyclic) bond motifs is 1. The van der Waals surface area contributed by atoms with Gasteiger partial charge < -0.3 is 15.5 Å². The van der Waals surface area contributed by atoms with Gasteiger partial charge in [0.2, 0.25) is 0 Å². The standard InChI is InChI=1S/C28H31N3O2/c1-6-13-31-26(29-24-11-7-17(2)14-19(24)4)22-10-9-21(16-23(22)28(31)33)27(32)30-25-12-8-18(3)15-20(25)5/h7-12,14-16,26,29H,6,13H2,1-5H3,(H,30,32)/t26-/m0/s1. The Morgan fingerprint density at radius 2 is 1.52 bits per heavy atom. The molecule has 0 fully saturated rings. The van der Waals surface area contributed by atoms with E-state index in [0.717, 1.165) is 40.0 Å². The van der Waals surface area contributed by atoms with Crippen molar-refractivity contribution in [1.29, 1.82) is 0 Å². The molecule has 0 aliphatic carbocycles. The number of aryl methyl sites for hydroxylation is 4. The van der Waals surface area contributed by atoms with Crippen molar-refractivity contribution >= 4 is 23.2 Å². The molecule has 0 unspecified atom stereocenters. The van der Waals surface area contributed by atoms with Crippen LogP contribution in [-0.4, -0.2) is 23.3 Å². The van der Waals surface area contributed by atoms with Crippen molar-refractivity contribution in [3.05, 3.63) is 93.5 Å². The lowest BCUT2D eigenvalue weighted by molar-refractivity contribution is 0.0743. The van der Waals surface area contributed by atoms with Gasteiger partial charge in [-0.05, 0) is 69.5 Å². The third-order valence-electron chi connectivity index (χ3n) is 6.18. The highest BCUT2D eigenvalue weighted by Crippen LogP contribution is 2.36. The molecule has 1 heterocycles. The summed E-state index contributed by atoms with van der Waals surface area (Å²) in [5.41, 5.74) is 8.23. The summed E-state index contributed by atoms with van der Waals surface area (Å²) in [6.07, 6.45) is 0.593. The lowest BCUT2D eigenvalue weighted by Gasteiger charge is -2.27. The second-order valence-electron chi connectivity index (χ2n) is 8.94. The minimum atomic E-state index is -0.259. The van der Waals surface area contributed by atoms with E-state index >= 15 is 0 Å². The first-order valence-corrected chi connectivity index (χ1v) is 11.5. The summed E-state index contributed by atoms with van der Waals surface area (Å²) in [4.78, 5) is 28.1. The molecule has 0 radical (unpaired) electrons. The summed E-state index contributed by atoms with van der Waals surface area (Å²) < 4.78 is 0. The first kappa shape index (κ1) is 22.6. The van der Waals surface area contributed by atoms with E-state index in [0.29, 0.717) is 17.7 Å². The summed E-state index contributed by atoms with van der Waals surface area (Å²) >= 11 is 0. The molecule has 0 aromatic heterocycles. The highest BCUT2D eigenvalue weighted by molar-refractivity contribution is 6.07. The van der Waals surface area contributed by atoms with E-state index in [1.807, 2.05) is 43.0 Å². The fraction of sp³-hybridized carbons (Fsp3) is 0.286. The van der Waals surface area contributed by atoms with Crippen molar-refractivity contribution < 1.29 is 9.59 Å². The molecule has 2 N–H and O–H groups in total. The van der Waals surface area contributed by atoms with Crippen molar-refractivity contribution in [2.45, 2.75) is 47.2 Å². The Hall–Kier alpha value is -3.60. The maximum atomic E-state index is 13.3. The van der Waals surface area contributed by atoms with Gasteiger partial charge in [-0.3, -0.25) is 9.59 Å². The van der Waals surface area contributed by atoms with Gasteiger partial charge in [-0.25, -0.2) is 0 Å². The minimum Gasteiger partial charge on any atom is -0.361 e. The number of carbonyl (C=O) groups excluding carboxylic acids is 2. The molecule has 2 amide bonds. The Labute approximate surface area is 195 Å². The summed E-state index contributed by atoms with van der Waals surface area (Å²) in [6.45, 7) is 10.8. The van der Waals surface area contributed by atoms with Crippen LogP contribution in [0.5, 0.6) is 0 Å². The van der Waals surface area contributed by atoms with Crippen LogP contribution in [0.25, 0.3) is 0 Å². The maximum absolute atomic E-state index is 13.3. The van der Waals surface area contributed by atoms with E-state index in [2.05, 4.69) is 49.6 Å². The van der Waals surface area contributed by atoms with Crippen LogP contribution in [0.2, 0.25) is 0 Å². The van der Waals surface area contributed by atoms with E-state index in [-0.39, 0.29) is 18.0 Å². The van der Waals surface area contributed by atoms with Crippen LogP contribution < -0.4 is 10.6 Å². The molecule has 33 heavy (non-hydrogen) atoms. The number of hydrogen-bond donors (Lipinski definition) is 2. The van der Waals surface area contributed by atoms with Gasteiger partial charge in [0.1, 0.15) is 6.17 Å². The molecular weight excluding hydrogens is 410 g/mol. The van der Waals surface area contributed by atoms with Gasteiger partial charge in [-0.1, -0.05) is 48.4 Å². The molecule has 3 aromatic rings. The minimum absolute atomic E-state index is 0.0460. The Bertz CT molecular complexity index is 1230. The third-order valence-corrected chi connectivity index (χ3v) is 6.18. The summed E-state index contributed by atoms with van der Waals surface area (Å²) in [5.74, 6) is -0.263. The normalized spacial score (nSPS) is 14.9. The van der Waals surface area contributed by atoms with E-state index in [1.54, 1.807) is 12.1 Å². The Kier molecular flexibility index (Phi) is 6.23. The van der Waals surface area contributed by atoms with Crippen LogP contribution >= 0.6 is 0 Å². The average molecular weight is 442 g/mol. The van der Waals surface area contributed by atoms with Crippen molar-refractivity contribution in [3.8, 4) is 0 Å². The average Bonchev–Trinajstić information content (AvgIpc) is 3.03. The van der Waals surface area contributed by atoms with E-state index in [1.165, 1.54) is 5.56 Å². The number of carbonyl (C=O) groups is 2. The molecule has 5 nitrogen and oxygen atoms in total. The molecule has 4 rings (SSSR count). The Morgan fingerprint density at radius 3 is 2.12 bits per heavy atom. The SMILES string of the molecule is CCCN1C(=O)c2cc(C(=O)Nc3ccc(C)cc3C)ccc2[C@H]1Nc1ccc(C)cc1C. The molecular formula is C28H31N3O2. The van der Waals surface area contributed by atoms with E-state index < -0.39 is 0 Å². The number of benzene rings is 3. The summed E-state index contributed by atoms with van der Waals surface area (Å²) in [6, 6.07) is 17.6. The number of nitrogens with one attached hydrogen (secondary N) is 2. The quantitative estimate of drug-likeness (QED) is 0.482. The molecule has 0 saturated carbocycles. The number of nitrogens with zero attached hydrogens (tertiary/aromatic N) is 1. The van der Waals surface area contributed by atoms with Gasteiger partial charge in [0, 0.05) is 34.6 Å². The van der Waals surface area contributed by atoms with Gasteiger partial charge in [0.05, 0.1) is 0 Å². The topological polar surface area (TPSA) is 61.4 Å². The summed E-state index contributed by atoms with van der Waals surface area (Å²) in [7, 11) is 0. The zero-order valence-electron chi connectivity index (χ0n) is 20.0. The lowest BCUT2D eigenvalue weighted by atomic mass is 10.0. The molecule has 1 aliphatic rings. The second-order valence-corrected chi connectivity index (χ2v) is 8.94. The number of rotatable bonds is 6. The van der Waals surface area contributed by atoms with Crippen molar-refractivity contribution in [2.75, 3.05) is 17.2 Å². The third kappa shape index (κ3) is 4.49. The highest BCUT2D eigenvalue weighted by Gasteiger charge is 2.37. The van der Waals surface area contributed by atoms with Crippen molar-refractivity contribution in [1.82, 2.24) is 4.90 Å². The van der Waals surface area contributed by atoms with Gasteiger partial charge >= 0.3 is 0 Å². The molecule has 5 heteroatoms.